The fraction of sp³-hybridized carbons (Fsp3) is 0.409. The summed E-state index contributed by atoms with van der Waals surface area (Å²) in [6.45, 7) is 9.23. The first-order valence-corrected chi connectivity index (χ1v) is 9.09. The van der Waals surface area contributed by atoms with Gasteiger partial charge in [0.25, 0.3) is 5.91 Å². The third kappa shape index (κ3) is 6.61. The molecule has 2 aromatic carbocycles. The van der Waals surface area contributed by atoms with Crippen molar-refractivity contribution in [2.24, 2.45) is 0 Å². The number of benzene rings is 2. The average molecular weight is 371 g/mol. The van der Waals surface area contributed by atoms with E-state index in [1.165, 1.54) is 5.56 Å². The first kappa shape index (κ1) is 20.8. The van der Waals surface area contributed by atoms with Crippen LogP contribution in [0.1, 0.15) is 33.3 Å². The fourth-order valence-electron chi connectivity index (χ4n) is 2.41. The van der Waals surface area contributed by atoms with Crippen LogP contribution in [0.25, 0.3) is 0 Å². The van der Waals surface area contributed by atoms with E-state index in [4.69, 9.17) is 14.2 Å². The second-order valence-corrected chi connectivity index (χ2v) is 7.39. The topological polar surface area (TPSA) is 56.8 Å². The van der Waals surface area contributed by atoms with Gasteiger partial charge in [0.2, 0.25) is 0 Å². The Kier molecular flexibility index (Phi) is 7.25. The molecule has 0 radical (unpaired) electrons. The summed E-state index contributed by atoms with van der Waals surface area (Å²) in [6, 6.07) is 15.1. The molecule has 2 aromatic rings. The first-order chi connectivity index (χ1) is 12.8. The number of hydrogen-bond acceptors (Lipinski definition) is 4. The highest BCUT2D eigenvalue weighted by atomic mass is 16.5. The number of anilines is 1. The van der Waals surface area contributed by atoms with Gasteiger partial charge in [-0.15, -0.1) is 0 Å². The van der Waals surface area contributed by atoms with Crippen LogP contribution >= 0.6 is 0 Å². The summed E-state index contributed by atoms with van der Waals surface area (Å²) in [6.07, 6.45) is -0.608. The lowest BCUT2D eigenvalue weighted by Gasteiger charge is -2.20. The van der Waals surface area contributed by atoms with E-state index >= 15 is 0 Å². The molecule has 0 aliphatic heterocycles. The molecule has 0 bridgehead atoms. The number of ether oxygens (including phenoxy) is 3. The van der Waals surface area contributed by atoms with Crippen LogP contribution in [0.4, 0.5) is 5.69 Å². The normalized spacial score (nSPS) is 12.3. The Morgan fingerprint density at radius 2 is 1.56 bits per heavy atom. The minimum absolute atomic E-state index is 0.0843. The lowest BCUT2D eigenvalue weighted by atomic mass is 9.87. The molecule has 0 heterocycles. The summed E-state index contributed by atoms with van der Waals surface area (Å²) in [7, 11) is 1.63. The maximum absolute atomic E-state index is 12.4. The molecule has 1 N–H and O–H groups in total. The molecule has 0 aromatic heterocycles. The highest BCUT2D eigenvalue weighted by Gasteiger charge is 2.17. The van der Waals surface area contributed by atoms with E-state index in [-0.39, 0.29) is 11.3 Å². The molecule has 2 rings (SSSR count). The Balaban J connectivity index is 1.88. The van der Waals surface area contributed by atoms with Crippen molar-refractivity contribution in [3.8, 4) is 11.5 Å². The van der Waals surface area contributed by atoms with Gasteiger partial charge in [-0.25, -0.2) is 0 Å². The van der Waals surface area contributed by atoms with Gasteiger partial charge in [-0.2, -0.15) is 0 Å². The Morgan fingerprint density at radius 3 is 2.11 bits per heavy atom. The first-order valence-electron chi connectivity index (χ1n) is 9.09. The van der Waals surface area contributed by atoms with Crippen molar-refractivity contribution >= 4 is 11.6 Å². The second kappa shape index (κ2) is 9.42. The van der Waals surface area contributed by atoms with Gasteiger partial charge in [0.15, 0.2) is 6.10 Å². The zero-order chi connectivity index (χ0) is 19.9. The molecule has 146 valence electrons. The van der Waals surface area contributed by atoms with Crippen molar-refractivity contribution in [1.29, 1.82) is 0 Å². The fourth-order valence-corrected chi connectivity index (χ4v) is 2.41. The third-order valence-corrected chi connectivity index (χ3v) is 4.08. The molecule has 5 nitrogen and oxygen atoms in total. The molecule has 0 saturated carbocycles. The van der Waals surface area contributed by atoms with E-state index in [9.17, 15) is 4.79 Å². The maximum atomic E-state index is 12.4. The summed E-state index contributed by atoms with van der Waals surface area (Å²) >= 11 is 0. The third-order valence-electron chi connectivity index (χ3n) is 4.08. The zero-order valence-corrected chi connectivity index (χ0v) is 16.7. The van der Waals surface area contributed by atoms with Crippen LogP contribution in [0.15, 0.2) is 48.5 Å². The van der Waals surface area contributed by atoms with E-state index in [1.54, 1.807) is 26.2 Å². The molecule has 1 atom stereocenters. The van der Waals surface area contributed by atoms with Crippen LogP contribution in [0.5, 0.6) is 11.5 Å². The highest BCUT2D eigenvalue weighted by molar-refractivity contribution is 5.94. The quantitative estimate of drug-likeness (QED) is 0.698. The lowest BCUT2D eigenvalue weighted by Crippen LogP contribution is -2.30. The molecule has 27 heavy (non-hydrogen) atoms. The number of carbonyl (C=O) groups is 1. The van der Waals surface area contributed by atoms with E-state index in [2.05, 4.69) is 26.1 Å². The number of nitrogens with one attached hydrogen (secondary N) is 1. The van der Waals surface area contributed by atoms with Crippen LogP contribution in [-0.4, -0.2) is 32.3 Å². The van der Waals surface area contributed by atoms with Gasteiger partial charge in [0.05, 0.1) is 6.61 Å². The van der Waals surface area contributed by atoms with Crippen LogP contribution in [-0.2, 0) is 14.9 Å². The molecule has 0 fully saturated rings. The van der Waals surface area contributed by atoms with Crippen LogP contribution in [0.3, 0.4) is 0 Å². The predicted octanol–water partition coefficient (Wildman–Crippen LogP) is 4.42. The molecular weight excluding hydrogens is 342 g/mol. The van der Waals surface area contributed by atoms with Gasteiger partial charge in [-0.1, -0.05) is 32.9 Å². The van der Waals surface area contributed by atoms with Crippen molar-refractivity contribution in [2.75, 3.05) is 25.6 Å². The predicted molar refractivity (Wildman–Crippen MR) is 108 cm³/mol. The van der Waals surface area contributed by atoms with Crippen LogP contribution < -0.4 is 14.8 Å². The van der Waals surface area contributed by atoms with Crippen molar-refractivity contribution in [3.05, 3.63) is 54.1 Å². The Hall–Kier alpha value is -2.53. The van der Waals surface area contributed by atoms with Gasteiger partial charge >= 0.3 is 0 Å². The smallest absolute Gasteiger partial charge is 0.265 e. The minimum Gasteiger partial charge on any atom is -0.491 e. The Labute approximate surface area is 161 Å². The summed E-state index contributed by atoms with van der Waals surface area (Å²) in [5, 5.41) is 2.85. The Bertz CT molecular complexity index is 717. The molecule has 1 amide bonds. The lowest BCUT2D eigenvalue weighted by molar-refractivity contribution is -0.122. The molecular formula is C22H29NO4. The summed E-state index contributed by atoms with van der Waals surface area (Å²) in [4.78, 5) is 12.4. The second-order valence-electron chi connectivity index (χ2n) is 7.39. The molecule has 0 aliphatic rings. The highest BCUT2D eigenvalue weighted by Crippen LogP contribution is 2.25. The summed E-state index contributed by atoms with van der Waals surface area (Å²) in [5.41, 5.74) is 2.00. The Morgan fingerprint density at radius 1 is 0.963 bits per heavy atom. The standard InChI is InChI=1S/C22H29NO4/c1-16(27-20-10-6-17(7-11-20)22(2,3)4)21(24)23-18-8-12-19(13-9-18)26-15-14-25-5/h6-13,16H,14-15H2,1-5H3,(H,23,24). The number of hydrogen-bond donors (Lipinski definition) is 1. The van der Waals surface area contributed by atoms with Crippen LogP contribution in [0.2, 0.25) is 0 Å². The summed E-state index contributed by atoms with van der Waals surface area (Å²) < 4.78 is 16.2. The van der Waals surface area contributed by atoms with E-state index < -0.39 is 6.10 Å². The largest absolute Gasteiger partial charge is 0.491 e. The van der Waals surface area contributed by atoms with Gasteiger partial charge in [0.1, 0.15) is 18.1 Å². The molecule has 0 spiro atoms. The van der Waals surface area contributed by atoms with Crippen molar-refractivity contribution in [1.82, 2.24) is 0 Å². The summed E-state index contributed by atoms with van der Waals surface area (Å²) in [5.74, 6) is 1.20. The van der Waals surface area contributed by atoms with Crippen molar-refractivity contribution < 1.29 is 19.0 Å². The van der Waals surface area contributed by atoms with E-state index in [0.29, 0.717) is 24.7 Å². The van der Waals surface area contributed by atoms with Gasteiger partial charge in [0, 0.05) is 12.8 Å². The van der Waals surface area contributed by atoms with Gasteiger partial charge in [-0.05, 0) is 54.3 Å². The number of carbonyl (C=O) groups excluding carboxylic acids is 1. The molecule has 5 heteroatoms. The van der Waals surface area contributed by atoms with Crippen molar-refractivity contribution in [3.63, 3.8) is 0 Å². The number of amides is 1. The minimum atomic E-state index is -0.608. The SMILES string of the molecule is COCCOc1ccc(NC(=O)C(C)Oc2ccc(C(C)(C)C)cc2)cc1. The van der Waals surface area contributed by atoms with E-state index in [0.717, 1.165) is 5.75 Å². The molecule has 0 saturated heterocycles. The zero-order valence-electron chi connectivity index (χ0n) is 16.7. The average Bonchev–Trinajstić information content (AvgIpc) is 2.63. The number of methoxy groups -OCH3 is 1. The molecule has 0 aliphatic carbocycles. The number of rotatable bonds is 8. The monoisotopic (exact) mass is 371 g/mol. The van der Waals surface area contributed by atoms with Gasteiger partial charge in [-0.3, -0.25) is 4.79 Å². The molecule has 1 unspecified atom stereocenters. The van der Waals surface area contributed by atoms with Gasteiger partial charge < -0.3 is 19.5 Å². The van der Waals surface area contributed by atoms with Crippen LogP contribution in [0, 0.1) is 0 Å². The van der Waals surface area contributed by atoms with Crippen molar-refractivity contribution in [2.45, 2.75) is 39.2 Å². The maximum Gasteiger partial charge on any atom is 0.265 e. The van der Waals surface area contributed by atoms with E-state index in [1.807, 2.05) is 36.4 Å².